The highest BCUT2D eigenvalue weighted by molar-refractivity contribution is 6.04. The van der Waals surface area contributed by atoms with Crippen LogP contribution < -0.4 is 16.5 Å². The van der Waals surface area contributed by atoms with Crippen molar-refractivity contribution in [2.24, 2.45) is 7.05 Å². The van der Waals surface area contributed by atoms with Gasteiger partial charge in [0.05, 0.1) is 7.05 Å². The van der Waals surface area contributed by atoms with Crippen LogP contribution in [0.5, 0.6) is 0 Å². The molecule has 0 fully saturated rings. The summed E-state index contributed by atoms with van der Waals surface area (Å²) in [4.78, 5) is 0. The lowest BCUT2D eigenvalue weighted by molar-refractivity contribution is -0.518. The van der Waals surface area contributed by atoms with Crippen LogP contribution in [-0.2, 0) is 7.05 Å². The highest BCUT2D eigenvalue weighted by Crippen LogP contribution is 1.75. The molecule has 0 aliphatic carbocycles. The van der Waals surface area contributed by atoms with Crippen LogP contribution in [0.1, 0.15) is 0 Å². The molecule has 1 aromatic heterocycles. The van der Waals surface area contributed by atoms with E-state index in [0.29, 0.717) is 0 Å². The van der Waals surface area contributed by atoms with Crippen molar-refractivity contribution in [2.45, 2.75) is 0 Å². The molecule has 0 saturated carbocycles. The van der Waals surface area contributed by atoms with Gasteiger partial charge >= 0.3 is 0 Å². The normalized spacial score (nSPS) is 8.25. The van der Waals surface area contributed by atoms with Crippen molar-refractivity contribution < 1.29 is 16.5 Å². The standard InChI is InChI=1S/C4H6ClN2.ClH/c1-6-2-3-7(5)4-6;/h2-4H,1H3;1H/q+1;/p-1. The molecule has 0 aliphatic heterocycles. The summed E-state index contributed by atoms with van der Waals surface area (Å²) in [6, 6.07) is 0. The Hall–Kier alpha value is -0.210. The van der Waals surface area contributed by atoms with Crippen molar-refractivity contribution in [1.82, 2.24) is 4.57 Å². The second kappa shape index (κ2) is 2.95. The molecule has 2 nitrogen and oxygen atoms in total. The third-order valence-corrected chi connectivity index (χ3v) is 0.937. The number of nitrogens with zero attached hydrogens (tertiary/aromatic N) is 2. The summed E-state index contributed by atoms with van der Waals surface area (Å²) in [5.74, 6) is 0. The molecule has 46 valence electrons. The summed E-state index contributed by atoms with van der Waals surface area (Å²) in [7, 11) is 1.92. The van der Waals surface area contributed by atoms with Crippen LogP contribution in [0.4, 0.5) is 0 Å². The van der Waals surface area contributed by atoms with Gasteiger partial charge in [-0.2, -0.15) is 0 Å². The van der Waals surface area contributed by atoms with Crippen molar-refractivity contribution >= 4 is 11.8 Å². The first-order valence-corrected chi connectivity index (χ1v) is 2.32. The van der Waals surface area contributed by atoms with E-state index < -0.39 is 0 Å². The third-order valence-electron chi connectivity index (χ3n) is 0.737. The Morgan fingerprint density at radius 3 is 2.38 bits per heavy atom. The van der Waals surface area contributed by atoms with Crippen LogP contribution >= 0.6 is 11.8 Å². The number of halogens is 2. The first-order valence-electron chi connectivity index (χ1n) is 1.98. The average molecular weight is 153 g/mol. The lowest BCUT2D eigenvalue weighted by atomic mass is 10.9. The van der Waals surface area contributed by atoms with Crippen LogP contribution in [-0.4, -0.2) is 4.57 Å². The molecule has 0 unspecified atom stereocenters. The number of aromatic nitrogens is 2. The maximum Gasteiger partial charge on any atom is 0.261 e. The Kier molecular flexibility index (Phi) is 2.87. The maximum atomic E-state index is 5.46. The molecule has 0 saturated heterocycles. The monoisotopic (exact) mass is 152 g/mol. The van der Waals surface area contributed by atoms with E-state index in [-0.39, 0.29) is 12.4 Å². The fourth-order valence-corrected chi connectivity index (χ4v) is 0.608. The van der Waals surface area contributed by atoms with E-state index in [2.05, 4.69) is 0 Å². The zero-order valence-corrected chi connectivity index (χ0v) is 5.89. The third kappa shape index (κ3) is 1.72. The highest BCUT2D eigenvalue weighted by atomic mass is 35.5. The van der Waals surface area contributed by atoms with Gasteiger partial charge in [0.15, 0.2) is 0 Å². The minimum atomic E-state index is 0. The topological polar surface area (TPSA) is 8.81 Å². The molecule has 0 N–H and O–H groups in total. The van der Waals surface area contributed by atoms with Crippen LogP contribution in [0.3, 0.4) is 0 Å². The van der Waals surface area contributed by atoms with Gasteiger partial charge in [-0.15, -0.1) is 4.09 Å². The predicted octanol–water partition coefficient (Wildman–Crippen LogP) is -2.68. The number of rotatable bonds is 0. The molecule has 4 heteroatoms. The van der Waals surface area contributed by atoms with Crippen molar-refractivity contribution in [2.75, 3.05) is 0 Å². The summed E-state index contributed by atoms with van der Waals surface area (Å²) in [5, 5.41) is 0. The minimum absolute atomic E-state index is 0. The van der Waals surface area contributed by atoms with Crippen molar-refractivity contribution in [3.05, 3.63) is 18.7 Å². The van der Waals surface area contributed by atoms with E-state index >= 15 is 0 Å². The van der Waals surface area contributed by atoms with Crippen LogP contribution in [0.15, 0.2) is 18.7 Å². The Bertz CT molecular complexity index is 144. The lowest BCUT2D eigenvalue weighted by Crippen LogP contribution is -3.00. The van der Waals surface area contributed by atoms with Crippen molar-refractivity contribution in [1.29, 1.82) is 0 Å². The van der Waals surface area contributed by atoms with Crippen LogP contribution in [0, 0.1) is 0 Å². The second-order valence-electron chi connectivity index (χ2n) is 1.42. The van der Waals surface area contributed by atoms with Gasteiger partial charge in [0, 0.05) is 0 Å². The molecule has 1 rings (SSSR count). The van der Waals surface area contributed by atoms with E-state index in [4.69, 9.17) is 11.8 Å². The first-order chi connectivity index (χ1) is 3.29. The smallest absolute Gasteiger partial charge is 0.261 e. The maximum absolute atomic E-state index is 5.46. The fourth-order valence-electron chi connectivity index (χ4n) is 0.420. The SMILES string of the molecule is Cn1cc[n+](Cl)c1.[Cl-]. The van der Waals surface area contributed by atoms with Gasteiger partial charge in [-0.3, -0.25) is 0 Å². The Balaban J connectivity index is 0.000000490. The Morgan fingerprint density at radius 1 is 1.62 bits per heavy atom. The molecule has 8 heavy (non-hydrogen) atoms. The van der Waals surface area contributed by atoms with Crippen LogP contribution in [0.2, 0.25) is 0 Å². The average Bonchev–Trinajstić information content (AvgIpc) is 1.87. The molecule has 0 aliphatic rings. The van der Waals surface area contributed by atoms with Gasteiger partial charge < -0.3 is 12.4 Å². The molecule has 0 spiro atoms. The molecule has 0 atom stereocenters. The Labute approximate surface area is 59.2 Å². The molecule has 0 amide bonds. The van der Waals surface area contributed by atoms with Crippen molar-refractivity contribution in [3.63, 3.8) is 0 Å². The zero-order chi connectivity index (χ0) is 5.28. The molecular formula is C4H6Cl2N2. The molecular weight excluding hydrogens is 147 g/mol. The minimum Gasteiger partial charge on any atom is -1.00 e. The van der Waals surface area contributed by atoms with E-state index in [1.54, 1.807) is 12.5 Å². The van der Waals surface area contributed by atoms with Gasteiger partial charge in [0.2, 0.25) is 0 Å². The largest absolute Gasteiger partial charge is 1.00 e. The van der Waals surface area contributed by atoms with Gasteiger partial charge in [-0.1, -0.05) is 0 Å². The molecule has 0 bridgehead atoms. The summed E-state index contributed by atoms with van der Waals surface area (Å²) in [6.07, 6.45) is 5.40. The molecule has 0 aromatic carbocycles. The van der Waals surface area contributed by atoms with Crippen molar-refractivity contribution in [3.8, 4) is 0 Å². The van der Waals surface area contributed by atoms with E-state index in [9.17, 15) is 0 Å². The highest BCUT2D eigenvalue weighted by Gasteiger charge is 1.90. The lowest BCUT2D eigenvalue weighted by Gasteiger charge is -1.69. The number of imidazole rings is 1. The number of hydrogen-bond acceptors (Lipinski definition) is 0. The summed E-state index contributed by atoms with van der Waals surface area (Å²) in [5.41, 5.74) is 0. The number of aryl methyl sites for hydroxylation is 1. The van der Waals surface area contributed by atoms with Gasteiger partial charge in [0.1, 0.15) is 24.2 Å². The first kappa shape index (κ1) is 7.79. The molecule has 1 heterocycles. The van der Waals surface area contributed by atoms with E-state index in [0.717, 1.165) is 0 Å². The van der Waals surface area contributed by atoms with Gasteiger partial charge in [-0.25, -0.2) is 4.57 Å². The second-order valence-corrected chi connectivity index (χ2v) is 1.81. The van der Waals surface area contributed by atoms with Crippen LogP contribution in [0.25, 0.3) is 0 Å². The molecule has 0 radical (unpaired) electrons. The van der Waals surface area contributed by atoms with Gasteiger partial charge in [0.25, 0.3) is 6.33 Å². The van der Waals surface area contributed by atoms with E-state index in [1.165, 1.54) is 4.09 Å². The van der Waals surface area contributed by atoms with E-state index in [1.807, 2.05) is 17.8 Å². The summed E-state index contributed by atoms with van der Waals surface area (Å²) < 4.78 is 3.34. The summed E-state index contributed by atoms with van der Waals surface area (Å²) in [6.45, 7) is 0. The van der Waals surface area contributed by atoms with Gasteiger partial charge in [-0.05, 0) is 0 Å². The quantitative estimate of drug-likeness (QED) is 0.384. The predicted molar refractivity (Wildman–Crippen MR) is 26.9 cm³/mol. The summed E-state index contributed by atoms with van der Waals surface area (Å²) >= 11 is 5.46. The fraction of sp³-hybridized carbons (Fsp3) is 0.250. The Morgan fingerprint density at radius 2 is 2.25 bits per heavy atom. The molecule has 1 aromatic rings. The zero-order valence-electron chi connectivity index (χ0n) is 4.38. The number of hydrogen-bond donors (Lipinski definition) is 0.